The quantitative estimate of drug-likeness (QED) is 0.788. The molecule has 1 aromatic carbocycles. The van der Waals surface area contributed by atoms with Crippen LogP contribution in [0.5, 0.6) is 0 Å². The molecule has 0 N–H and O–H groups in total. The molecule has 0 saturated carbocycles. The minimum Gasteiger partial charge on any atom is -0.444 e. The number of amides is 2. The molecular weight excluding hydrogens is 292 g/mol. The molecule has 0 radical (unpaired) electrons. The van der Waals surface area contributed by atoms with Crippen molar-refractivity contribution in [2.75, 3.05) is 26.2 Å². The van der Waals surface area contributed by atoms with E-state index < -0.39 is 5.60 Å². The van der Waals surface area contributed by atoms with Gasteiger partial charge in [-0.1, -0.05) is 30.3 Å². The fourth-order valence-electron chi connectivity index (χ4n) is 2.27. The van der Waals surface area contributed by atoms with Gasteiger partial charge in [-0.05, 0) is 32.4 Å². The number of nitrogens with zero attached hydrogens (tertiary/aromatic N) is 2. The SMILES string of the molecule is CC(C)(C)OC(=O)N1CCN(C(=O)/C=C/c2ccccc2)CC1. The van der Waals surface area contributed by atoms with Crippen molar-refractivity contribution >= 4 is 18.1 Å². The molecule has 0 aromatic heterocycles. The average Bonchev–Trinajstić information content (AvgIpc) is 2.52. The van der Waals surface area contributed by atoms with Crippen LogP contribution in [-0.2, 0) is 9.53 Å². The van der Waals surface area contributed by atoms with Crippen LogP contribution in [0.25, 0.3) is 6.08 Å². The molecule has 23 heavy (non-hydrogen) atoms. The largest absolute Gasteiger partial charge is 0.444 e. The molecule has 1 saturated heterocycles. The lowest BCUT2D eigenvalue weighted by atomic mass is 10.2. The second kappa shape index (κ2) is 7.31. The first-order valence-electron chi connectivity index (χ1n) is 7.85. The van der Waals surface area contributed by atoms with Crippen LogP contribution >= 0.6 is 0 Å². The van der Waals surface area contributed by atoms with Gasteiger partial charge in [0.15, 0.2) is 0 Å². The zero-order chi connectivity index (χ0) is 16.9. The zero-order valence-electron chi connectivity index (χ0n) is 14.0. The number of carbonyl (C=O) groups is 2. The first-order chi connectivity index (χ1) is 10.8. The maximum absolute atomic E-state index is 12.2. The molecule has 0 spiro atoms. The molecule has 1 aliphatic rings. The predicted octanol–water partition coefficient (Wildman–Crippen LogP) is 2.78. The summed E-state index contributed by atoms with van der Waals surface area (Å²) in [6.07, 6.45) is 3.07. The topological polar surface area (TPSA) is 49.9 Å². The molecule has 0 aliphatic carbocycles. The number of ether oxygens (including phenoxy) is 1. The van der Waals surface area contributed by atoms with E-state index in [1.807, 2.05) is 57.2 Å². The van der Waals surface area contributed by atoms with E-state index in [4.69, 9.17) is 4.74 Å². The van der Waals surface area contributed by atoms with Crippen molar-refractivity contribution in [3.05, 3.63) is 42.0 Å². The van der Waals surface area contributed by atoms with Gasteiger partial charge >= 0.3 is 6.09 Å². The Morgan fingerprint density at radius 3 is 2.13 bits per heavy atom. The zero-order valence-corrected chi connectivity index (χ0v) is 14.0. The fourth-order valence-corrected chi connectivity index (χ4v) is 2.27. The van der Waals surface area contributed by atoms with Crippen molar-refractivity contribution < 1.29 is 14.3 Å². The highest BCUT2D eigenvalue weighted by Crippen LogP contribution is 2.12. The number of piperazine rings is 1. The Labute approximate surface area is 137 Å². The molecule has 2 amide bonds. The van der Waals surface area contributed by atoms with E-state index in [1.165, 1.54) is 0 Å². The van der Waals surface area contributed by atoms with Crippen LogP contribution in [0.2, 0.25) is 0 Å². The van der Waals surface area contributed by atoms with Crippen LogP contribution in [0.15, 0.2) is 36.4 Å². The predicted molar refractivity (Wildman–Crippen MR) is 89.9 cm³/mol. The van der Waals surface area contributed by atoms with E-state index in [0.29, 0.717) is 26.2 Å². The van der Waals surface area contributed by atoms with Gasteiger partial charge in [-0.3, -0.25) is 4.79 Å². The van der Waals surface area contributed by atoms with Gasteiger partial charge in [0, 0.05) is 32.3 Å². The summed E-state index contributed by atoms with van der Waals surface area (Å²) in [6, 6.07) is 9.71. The number of carbonyl (C=O) groups excluding carboxylic acids is 2. The summed E-state index contributed by atoms with van der Waals surface area (Å²) in [5, 5.41) is 0. The van der Waals surface area contributed by atoms with Gasteiger partial charge in [0.1, 0.15) is 5.60 Å². The van der Waals surface area contributed by atoms with Crippen LogP contribution in [0.1, 0.15) is 26.3 Å². The van der Waals surface area contributed by atoms with Crippen LogP contribution in [0, 0.1) is 0 Å². The summed E-state index contributed by atoms with van der Waals surface area (Å²) in [5.74, 6) is -0.0299. The Hall–Kier alpha value is -2.30. The summed E-state index contributed by atoms with van der Waals surface area (Å²) >= 11 is 0. The number of hydrogen-bond donors (Lipinski definition) is 0. The molecule has 0 bridgehead atoms. The van der Waals surface area contributed by atoms with E-state index in [0.717, 1.165) is 5.56 Å². The monoisotopic (exact) mass is 316 g/mol. The van der Waals surface area contributed by atoms with Crippen LogP contribution in [-0.4, -0.2) is 53.6 Å². The highest BCUT2D eigenvalue weighted by Gasteiger charge is 2.26. The maximum Gasteiger partial charge on any atom is 0.410 e. The second-order valence-electron chi connectivity index (χ2n) is 6.54. The third-order valence-electron chi connectivity index (χ3n) is 3.46. The van der Waals surface area contributed by atoms with Crippen LogP contribution in [0.3, 0.4) is 0 Å². The Balaban J connectivity index is 1.83. The molecule has 5 nitrogen and oxygen atoms in total. The van der Waals surface area contributed by atoms with Gasteiger partial charge in [-0.2, -0.15) is 0 Å². The minimum absolute atomic E-state index is 0.0299. The normalized spacial score (nSPS) is 15.8. The average molecular weight is 316 g/mol. The van der Waals surface area contributed by atoms with Crippen molar-refractivity contribution in [2.45, 2.75) is 26.4 Å². The van der Waals surface area contributed by atoms with E-state index in [-0.39, 0.29) is 12.0 Å². The van der Waals surface area contributed by atoms with Crippen molar-refractivity contribution in [1.82, 2.24) is 9.80 Å². The number of benzene rings is 1. The Kier molecular flexibility index (Phi) is 5.42. The van der Waals surface area contributed by atoms with Gasteiger partial charge in [0.25, 0.3) is 0 Å². The van der Waals surface area contributed by atoms with Crippen molar-refractivity contribution in [1.29, 1.82) is 0 Å². The summed E-state index contributed by atoms with van der Waals surface area (Å²) in [7, 11) is 0. The van der Waals surface area contributed by atoms with Gasteiger partial charge < -0.3 is 14.5 Å². The van der Waals surface area contributed by atoms with Gasteiger partial charge in [0.2, 0.25) is 5.91 Å². The Morgan fingerprint density at radius 1 is 1.00 bits per heavy atom. The molecule has 5 heteroatoms. The lowest BCUT2D eigenvalue weighted by Crippen LogP contribution is -2.51. The second-order valence-corrected chi connectivity index (χ2v) is 6.54. The minimum atomic E-state index is -0.498. The lowest BCUT2D eigenvalue weighted by Gasteiger charge is -2.35. The summed E-state index contributed by atoms with van der Waals surface area (Å²) in [6.45, 7) is 7.59. The molecule has 0 unspecified atom stereocenters. The molecule has 1 aromatic rings. The first kappa shape index (κ1) is 17.1. The standard InChI is InChI=1S/C18H24N2O3/c1-18(2,3)23-17(22)20-13-11-19(12-14-20)16(21)10-9-15-7-5-4-6-8-15/h4-10H,11-14H2,1-3H3/b10-9+. The number of rotatable bonds is 2. The van der Waals surface area contributed by atoms with E-state index in [9.17, 15) is 9.59 Å². The van der Waals surface area contributed by atoms with E-state index >= 15 is 0 Å². The summed E-state index contributed by atoms with van der Waals surface area (Å²) in [5.41, 5.74) is 0.496. The first-order valence-corrected chi connectivity index (χ1v) is 7.85. The van der Waals surface area contributed by atoms with Crippen LogP contribution < -0.4 is 0 Å². The molecule has 124 valence electrons. The lowest BCUT2D eigenvalue weighted by molar-refractivity contribution is -0.127. The molecular formula is C18H24N2O3. The fraction of sp³-hybridized carbons (Fsp3) is 0.444. The summed E-state index contributed by atoms with van der Waals surface area (Å²) < 4.78 is 5.35. The number of hydrogen-bond acceptors (Lipinski definition) is 3. The van der Waals surface area contributed by atoms with Crippen molar-refractivity contribution in [3.8, 4) is 0 Å². The smallest absolute Gasteiger partial charge is 0.410 e. The van der Waals surface area contributed by atoms with E-state index in [1.54, 1.807) is 15.9 Å². The highest BCUT2D eigenvalue weighted by atomic mass is 16.6. The molecule has 2 rings (SSSR count). The Morgan fingerprint density at radius 2 is 1.57 bits per heavy atom. The molecule has 1 fully saturated rings. The maximum atomic E-state index is 12.2. The van der Waals surface area contributed by atoms with Crippen LogP contribution in [0.4, 0.5) is 4.79 Å². The van der Waals surface area contributed by atoms with Gasteiger partial charge in [0.05, 0.1) is 0 Å². The molecule has 1 aliphatic heterocycles. The third-order valence-corrected chi connectivity index (χ3v) is 3.46. The molecule has 1 heterocycles. The highest BCUT2D eigenvalue weighted by molar-refractivity contribution is 5.91. The van der Waals surface area contributed by atoms with Crippen molar-refractivity contribution in [2.24, 2.45) is 0 Å². The van der Waals surface area contributed by atoms with Crippen molar-refractivity contribution in [3.63, 3.8) is 0 Å². The van der Waals surface area contributed by atoms with Gasteiger partial charge in [-0.25, -0.2) is 4.79 Å². The third kappa shape index (κ3) is 5.43. The van der Waals surface area contributed by atoms with E-state index in [2.05, 4.69) is 0 Å². The van der Waals surface area contributed by atoms with Gasteiger partial charge in [-0.15, -0.1) is 0 Å². The molecule has 0 atom stereocenters. The Bertz CT molecular complexity index is 568. The summed E-state index contributed by atoms with van der Waals surface area (Å²) in [4.78, 5) is 27.6.